The fraction of sp³-hybridized carbons (Fsp3) is 0.333. The lowest BCUT2D eigenvalue weighted by atomic mass is 10.1. The van der Waals surface area contributed by atoms with E-state index in [1.807, 2.05) is 30.3 Å². The third-order valence-corrected chi connectivity index (χ3v) is 3.65. The minimum absolute atomic E-state index is 0.0734. The number of piperidine rings is 1. The van der Waals surface area contributed by atoms with Gasteiger partial charge < -0.3 is 15.1 Å². The summed E-state index contributed by atoms with van der Waals surface area (Å²) in [5.41, 5.74) is 1.49. The molecular formula is C15H18N2O2. The van der Waals surface area contributed by atoms with E-state index in [2.05, 4.69) is 4.90 Å². The van der Waals surface area contributed by atoms with Crippen LogP contribution in [-0.2, 0) is 0 Å². The van der Waals surface area contributed by atoms with E-state index in [0.29, 0.717) is 0 Å². The molecule has 0 atom stereocenters. The summed E-state index contributed by atoms with van der Waals surface area (Å²) in [6, 6.07) is 11.0. The van der Waals surface area contributed by atoms with Crippen LogP contribution in [0.3, 0.4) is 0 Å². The molecular weight excluding hydrogens is 240 g/mol. The third kappa shape index (κ3) is 2.14. The van der Waals surface area contributed by atoms with Crippen molar-refractivity contribution >= 4 is 5.69 Å². The van der Waals surface area contributed by atoms with Crippen molar-refractivity contribution in [2.24, 2.45) is 0 Å². The molecule has 1 aromatic carbocycles. The Morgan fingerprint density at radius 2 is 1.58 bits per heavy atom. The Morgan fingerprint density at radius 3 is 2.26 bits per heavy atom. The lowest BCUT2D eigenvalue weighted by molar-refractivity contribution is 0.402. The minimum atomic E-state index is 0.0734. The molecule has 1 saturated heterocycles. The summed E-state index contributed by atoms with van der Waals surface area (Å²) in [7, 11) is 0. The number of nitrogens with zero attached hydrogens (tertiary/aromatic N) is 2. The van der Waals surface area contributed by atoms with Gasteiger partial charge in [-0.1, -0.05) is 18.2 Å². The van der Waals surface area contributed by atoms with Crippen molar-refractivity contribution in [1.82, 2.24) is 4.57 Å². The second-order valence-electron chi connectivity index (χ2n) is 4.93. The number of rotatable bonds is 2. The van der Waals surface area contributed by atoms with Gasteiger partial charge in [-0.15, -0.1) is 0 Å². The molecule has 2 aromatic rings. The first-order valence-corrected chi connectivity index (χ1v) is 6.71. The number of hydrogen-bond donors (Lipinski definition) is 2. The highest BCUT2D eigenvalue weighted by atomic mass is 16.3. The Kier molecular flexibility index (Phi) is 3.07. The van der Waals surface area contributed by atoms with Crippen LogP contribution in [0.25, 0.3) is 5.69 Å². The van der Waals surface area contributed by atoms with Crippen molar-refractivity contribution in [1.29, 1.82) is 0 Å². The zero-order chi connectivity index (χ0) is 13.2. The highest BCUT2D eigenvalue weighted by molar-refractivity contribution is 5.63. The average molecular weight is 258 g/mol. The van der Waals surface area contributed by atoms with E-state index in [4.69, 9.17) is 0 Å². The highest BCUT2D eigenvalue weighted by Gasteiger charge is 2.21. The van der Waals surface area contributed by atoms with Crippen molar-refractivity contribution in [2.75, 3.05) is 18.0 Å². The molecule has 0 bridgehead atoms. The molecule has 1 aliphatic rings. The SMILES string of the molecule is Oc1cc(N2CCCCC2)c(O)n1-c1ccccc1. The minimum Gasteiger partial charge on any atom is -0.494 e. The number of aromatic nitrogens is 1. The van der Waals surface area contributed by atoms with Crippen molar-refractivity contribution in [3.8, 4) is 17.4 Å². The zero-order valence-corrected chi connectivity index (χ0v) is 10.8. The number of aromatic hydroxyl groups is 2. The summed E-state index contributed by atoms with van der Waals surface area (Å²) >= 11 is 0. The van der Waals surface area contributed by atoms with Gasteiger partial charge in [-0.05, 0) is 31.4 Å². The van der Waals surface area contributed by atoms with Crippen molar-refractivity contribution in [3.05, 3.63) is 36.4 Å². The van der Waals surface area contributed by atoms with Crippen LogP contribution in [0.5, 0.6) is 11.8 Å². The summed E-state index contributed by atoms with van der Waals surface area (Å²) in [5, 5.41) is 20.4. The molecule has 3 rings (SSSR count). The topological polar surface area (TPSA) is 48.6 Å². The maximum absolute atomic E-state index is 10.4. The molecule has 1 fully saturated rings. The second-order valence-corrected chi connectivity index (χ2v) is 4.93. The van der Waals surface area contributed by atoms with E-state index in [-0.39, 0.29) is 11.8 Å². The van der Waals surface area contributed by atoms with E-state index in [1.54, 1.807) is 6.07 Å². The monoisotopic (exact) mass is 258 g/mol. The van der Waals surface area contributed by atoms with Crippen LogP contribution in [0.4, 0.5) is 5.69 Å². The molecule has 0 spiro atoms. The number of anilines is 1. The summed E-state index contributed by atoms with van der Waals surface area (Å²) < 4.78 is 1.48. The normalized spacial score (nSPS) is 15.7. The molecule has 0 saturated carbocycles. The Morgan fingerprint density at radius 1 is 0.895 bits per heavy atom. The van der Waals surface area contributed by atoms with E-state index < -0.39 is 0 Å². The molecule has 1 aromatic heterocycles. The van der Waals surface area contributed by atoms with Gasteiger partial charge in [0.1, 0.15) is 5.69 Å². The maximum atomic E-state index is 10.4. The molecule has 0 unspecified atom stereocenters. The fourth-order valence-corrected chi connectivity index (χ4v) is 2.67. The van der Waals surface area contributed by atoms with Gasteiger partial charge in [0.05, 0.1) is 5.69 Å². The first-order chi connectivity index (χ1) is 9.27. The first-order valence-electron chi connectivity index (χ1n) is 6.71. The maximum Gasteiger partial charge on any atom is 0.223 e. The number of para-hydroxylation sites is 1. The Bertz CT molecular complexity index is 557. The van der Waals surface area contributed by atoms with E-state index in [0.717, 1.165) is 37.3 Å². The molecule has 19 heavy (non-hydrogen) atoms. The predicted molar refractivity (Wildman–Crippen MR) is 75.2 cm³/mol. The summed E-state index contributed by atoms with van der Waals surface area (Å²) in [4.78, 5) is 2.14. The lowest BCUT2D eigenvalue weighted by Crippen LogP contribution is -2.29. The van der Waals surface area contributed by atoms with Gasteiger partial charge in [0, 0.05) is 19.2 Å². The molecule has 100 valence electrons. The predicted octanol–water partition coefficient (Wildman–Crippen LogP) is 2.88. The van der Waals surface area contributed by atoms with Crippen LogP contribution in [0.1, 0.15) is 19.3 Å². The molecule has 0 radical (unpaired) electrons. The van der Waals surface area contributed by atoms with Gasteiger partial charge in [0.25, 0.3) is 0 Å². The standard InChI is InChI=1S/C15H18N2O2/c18-14-11-13(16-9-5-2-6-10-16)15(19)17(14)12-7-3-1-4-8-12/h1,3-4,7-8,11,18-19H,2,5-6,9-10H2. The highest BCUT2D eigenvalue weighted by Crippen LogP contribution is 2.38. The summed E-state index contributed by atoms with van der Waals surface area (Å²) in [6.07, 6.45) is 3.51. The summed E-state index contributed by atoms with van der Waals surface area (Å²) in [5.74, 6) is 0.190. The van der Waals surface area contributed by atoms with Gasteiger partial charge >= 0.3 is 0 Å². The quantitative estimate of drug-likeness (QED) is 0.870. The van der Waals surface area contributed by atoms with Crippen LogP contribution in [-0.4, -0.2) is 27.9 Å². The van der Waals surface area contributed by atoms with Gasteiger partial charge in [0.15, 0.2) is 0 Å². The van der Waals surface area contributed by atoms with Crippen LogP contribution in [0.15, 0.2) is 36.4 Å². The fourth-order valence-electron chi connectivity index (χ4n) is 2.67. The van der Waals surface area contributed by atoms with Crippen LogP contribution >= 0.6 is 0 Å². The van der Waals surface area contributed by atoms with Crippen LogP contribution in [0, 0.1) is 0 Å². The van der Waals surface area contributed by atoms with E-state index >= 15 is 0 Å². The molecule has 0 aliphatic carbocycles. The largest absolute Gasteiger partial charge is 0.494 e. The van der Waals surface area contributed by atoms with Gasteiger partial charge in [-0.25, -0.2) is 4.57 Å². The van der Waals surface area contributed by atoms with Gasteiger partial charge in [-0.2, -0.15) is 0 Å². The Balaban J connectivity index is 2.00. The Labute approximate surface area is 112 Å². The molecule has 2 N–H and O–H groups in total. The molecule has 4 heteroatoms. The third-order valence-electron chi connectivity index (χ3n) is 3.65. The summed E-state index contributed by atoms with van der Waals surface area (Å²) in [6.45, 7) is 1.87. The van der Waals surface area contributed by atoms with E-state index in [1.165, 1.54) is 11.0 Å². The number of benzene rings is 1. The lowest BCUT2D eigenvalue weighted by Gasteiger charge is -2.27. The molecule has 1 aliphatic heterocycles. The van der Waals surface area contributed by atoms with Crippen LogP contribution < -0.4 is 4.90 Å². The number of hydrogen-bond acceptors (Lipinski definition) is 3. The van der Waals surface area contributed by atoms with Crippen molar-refractivity contribution in [2.45, 2.75) is 19.3 Å². The van der Waals surface area contributed by atoms with Gasteiger partial charge in [-0.3, -0.25) is 0 Å². The molecule has 0 amide bonds. The average Bonchev–Trinajstić information content (AvgIpc) is 2.76. The Hall–Kier alpha value is -2.10. The van der Waals surface area contributed by atoms with Crippen molar-refractivity contribution in [3.63, 3.8) is 0 Å². The molecule has 2 heterocycles. The smallest absolute Gasteiger partial charge is 0.223 e. The first kappa shape index (κ1) is 12.0. The van der Waals surface area contributed by atoms with Crippen molar-refractivity contribution < 1.29 is 10.2 Å². The van der Waals surface area contributed by atoms with Crippen LogP contribution in [0.2, 0.25) is 0 Å². The zero-order valence-electron chi connectivity index (χ0n) is 10.8. The molecule has 4 nitrogen and oxygen atoms in total. The second kappa shape index (κ2) is 4.88. The van der Waals surface area contributed by atoms with E-state index in [9.17, 15) is 10.2 Å². The van der Waals surface area contributed by atoms with Gasteiger partial charge in [0.2, 0.25) is 11.8 Å².